The van der Waals surface area contributed by atoms with Crippen LogP contribution in [0.5, 0.6) is 11.5 Å². The highest BCUT2D eigenvalue weighted by atomic mass is 19.3. The van der Waals surface area contributed by atoms with E-state index in [1.807, 2.05) is 18.3 Å². The molecular formula is C22H16F2N2O2. The van der Waals surface area contributed by atoms with E-state index in [0.29, 0.717) is 0 Å². The van der Waals surface area contributed by atoms with Crippen molar-refractivity contribution < 1.29 is 18.3 Å². The highest BCUT2D eigenvalue weighted by Gasteiger charge is 2.43. The number of rotatable bonds is 1. The van der Waals surface area contributed by atoms with Crippen molar-refractivity contribution in [3.05, 3.63) is 53.7 Å². The van der Waals surface area contributed by atoms with Gasteiger partial charge in [-0.3, -0.25) is 4.98 Å². The number of H-pyrrole nitrogens is 1. The van der Waals surface area contributed by atoms with Gasteiger partial charge in [-0.15, -0.1) is 8.78 Å². The van der Waals surface area contributed by atoms with Crippen LogP contribution < -0.4 is 9.47 Å². The smallest absolute Gasteiger partial charge is 0.395 e. The molecule has 28 heavy (non-hydrogen) atoms. The number of aromatic amines is 1. The molecule has 1 aliphatic heterocycles. The first-order valence-corrected chi connectivity index (χ1v) is 9.40. The summed E-state index contributed by atoms with van der Waals surface area (Å²) in [6.07, 6.45) is 2.43. The number of aromatic nitrogens is 2. The summed E-state index contributed by atoms with van der Waals surface area (Å²) in [6.45, 7) is 0. The molecular weight excluding hydrogens is 362 g/mol. The van der Waals surface area contributed by atoms with Crippen molar-refractivity contribution in [1.29, 1.82) is 0 Å². The van der Waals surface area contributed by atoms with Crippen LogP contribution in [0, 0.1) is 0 Å². The van der Waals surface area contributed by atoms with E-state index in [1.54, 1.807) is 18.2 Å². The van der Waals surface area contributed by atoms with Gasteiger partial charge < -0.3 is 14.5 Å². The predicted octanol–water partition coefficient (Wildman–Crippen LogP) is 5.58. The Hall–Kier alpha value is -3.15. The lowest BCUT2D eigenvalue weighted by molar-refractivity contribution is -0.286. The second kappa shape index (κ2) is 5.44. The number of nitrogens with zero attached hydrogens (tertiary/aromatic N) is 1. The second-order valence-electron chi connectivity index (χ2n) is 7.36. The molecule has 0 amide bonds. The summed E-state index contributed by atoms with van der Waals surface area (Å²) in [5.74, 6) is 0.129. The Morgan fingerprint density at radius 1 is 0.929 bits per heavy atom. The monoisotopic (exact) mass is 378 g/mol. The van der Waals surface area contributed by atoms with Crippen molar-refractivity contribution in [1.82, 2.24) is 9.97 Å². The van der Waals surface area contributed by atoms with Gasteiger partial charge in [0.15, 0.2) is 11.5 Å². The van der Waals surface area contributed by atoms with Crippen molar-refractivity contribution in [2.45, 2.75) is 32.0 Å². The van der Waals surface area contributed by atoms with E-state index in [1.165, 1.54) is 16.5 Å². The van der Waals surface area contributed by atoms with Crippen LogP contribution in [-0.4, -0.2) is 16.3 Å². The van der Waals surface area contributed by atoms with Crippen LogP contribution >= 0.6 is 0 Å². The summed E-state index contributed by atoms with van der Waals surface area (Å²) in [7, 11) is 0. The predicted molar refractivity (Wildman–Crippen MR) is 102 cm³/mol. The van der Waals surface area contributed by atoms with Crippen molar-refractivity contribution in [3.8, 4) is 22.8 Å². The number of hydrogen-bond acceptors (Lipinski definition) is 3. The zero-order valence-electron chi connectivity index (χ0n) is 14.9. The van der Waals surface area contributed by atoms with Gasteiger partial charge >= 0.3 is 6.29 Å². The van der Waals surface area contributed by atoms with E-state index in [9.17, 15) is 8.78 Å². The first-order chi connectivity index (χ1) is 13.6. The maximum absolute atomic E-state index is 13.4. The first-order valence-electron chi connectivity index (χ1n) is 9.40. The van der Waals surface area contributed by atoms with Gasteiger partial charge in [-0.05, 0) is 73.2 Å². The summed E-state index contributed by atoms with van der Waals surface area (Å²) in [4.78, 5) is 7.99. The number of pyridine rings is 1. The molecule has 1 aliphatic carbocycles. The van der Waals surface area contributed by atoms with Gasteiger partial charge in [0.2, 0.25) is 0 Å². The Balaban J connectivity index is 1.61. The Bertz CT molecular complexity index is 1260. The van der Waals surface area contributed by atoms with E-state index < -0.39 is 6.29 Å². The number of halogens is 2. The SMILES string of the molecule is FC1(F)Oc2ccc(-c3[nH]c4ccc5nccc5c4c4c3CCCC4)cc2O1. The number of aryl methyl sites for hydroxylation is 1. The minimum atomic E-state index is -3.61. The van der Waals surface area contributed by atoms with Gasteiger partial charge in [0.05, 0.1) is 5.52 Å². The number of nitrogens with one attached hydrogen (secondary N) is 1. The third-order valence-corrected chi connectivity index (χ3v) is 5.70. The topological polar surface area (TPSA) is 47.1 Å². The molecule has 4 nitrogen and oxygen atoms in total. The molecule has 0 radical (unpaired) electrons. The molecule has 6 heteroatoms. The van der Waals surface area contributed by atoms with Crippen LogP contribution in [0.15, 0.2) is 42.6 Å². The summed E-state index contributed by atoms with van der Waals surface area (Å²) in [6, 6.07) is 11.1. The van der Waals surface area contributed by atoms with Crippen LogP contribution in [0.4, 0.5) is 8.78 Å². The minimum Gasteiger partial charge on any atom is -0.395 e. The number of fused-ring (bicyclic) bond motifs is 6. The van der Waals surface area contributed by atoms with E-state index in [4.69, 9.17) is 0 Å². The standard InChI is InChI=1S/C22H16F2N2O2/c23-22(24)27-18-8-5-12(11-19(18)28-22)21-14-4-2-1-3-13(14)20-15-9-10-25-16(15)6-7-17(20)26-21/h5-11,26H,1-4H2. The van der Waals surface area contributed by atoms with Gasteiger partial charge in [-0.25, -0.2) is 0 Å². The van der Waals surface area contributed by atoms with Gasteiger partial charge in [0.25, 0.3) is 0 Å². The fraction of sp³-hybridized carbons (Fsp3) is 0.227. The summed E-state index contributed by atoms with van der Waals surface area (Å²) in [5.41, 5.74) is 6.38. The zero-order chi connectivity index (χ0) is 18.9. The van der Waals surface area contributed by atoms with Crippen molar-refractivity contribution in [2.75, 3.05) is 0 Å². The van der Waals surface area contributed by atoms with Crippen LogP contribution in [0.25, 0.3) is 33.1 Å². The zero-order valence-corrected chi connectivity index (χ0v) is 14.9. The Labute approximate surface area is 159 Å². The fourth-order valence-electron chi connectivity index (χ4n) is 4.53. The lowest BCUT2D eigenvalue weighted by Gasteiger charge is -2.23. The highest BCUT2D eigenvalue weighted by Crippen LogP contribution is 2.44. The van der Waals surface area contributed by atoms with Crippen LogP contribution in [-0.2, 0) is 12.8 Å². The third kappa shape index (κ3) is 2.24. The van der Waals surface area contributed by atoms with E-state index in [2.05, 4.69) is 25.5 Å². The Morgan fingerprint density at radius 3 is 2.64 bits per heavy atom. The molecule has 0 unspecified atom stereocenters. The fourth-order valence-corrected chi connectivity index (χ4v) is 4.53. The second-order valence-corrected chi connectivity index (χ2v) is 7.36. The Morgan fingerprint density at radius 2 is 1.75 bits per heavy atom. The minimum absolute atomic E-state index is 0.0629. The molecule has 0 saturated carbocycles. The van der Waals surface area contributed by atoms with Crippen LogP contribution in [0.2, 0.25) is 0 Å². The molecule has 1 N–H and O–H groups in total. The molecule has 0 atom stereocenters. The first kappa shape index (κ1) is 15.9. The van der Waals surface area contributed by atoms with Crippen LogP contribution in [0.3, 0.4) is 0 Å². The third-order valence-electron chi connectivity index (χ3n) is 5.70. The molecule has 6 rings (SSSR count). The molecule has 140 valence electrons. The highest BCUT2D eigenvalue weighted by molar-refractivity contribution is 6.08. The number of alkyl halides is 2. The lowest BCUT2D eigenvalue weighted by Crippen LogP contribution is -2.25. The number of benzene rings is 2. The molecule has 0 bridgehead atoms. The molecule has 4 aromatic rings. The summed E-state index contributed by atoms with van der Waals surface area (Å²) >= 11 is 0. The number of hydrogen-bond donors (Lipinski definition) is 1. The molecule has 0 saturated heterocycles. The van der Waals surface area contributed by atoms with Crippen molar-refractivity contribution in [3.63, 3.8) is 0 Å². The summed E-state index contributed by atoms with van der Waals surface area (Å²) in [5, 5.41) is 2.38. The molecule has 2 aliphatic rings. The lowest BCUT2D eigenvalue weighted by atomic mass is 9.85. The van der Waals surface area contributed by atoms with Crippen molar-refractivity contribution >= 4 is 21.8 Å². The van der Waals surface area contributed by atoms with Gasteiger partial charge in [-0.2, -0.15) is 0 Å². The van der Waals surface area contributed by atoms with Gasteiger partial charge in [0, 0.05) is 33.7 Å². The van der Waals surface area contributed by atoms with Gasteiger partial charge in [0.1, 0.15) is 0 Å². The quantitative estimate of drug-likeness (QED) is 0.470. The van der Waals surface area contributed by atoms with E-state index in [-0.39, 0.29) is 11.5 Å². The maximum atomic E-state index is 13.4. The van der Waals surface area contributed by atoms with E-state index >= 15 is 0 Å². The van der Waals surface area contributed by atoms with Gasteiger partial charge in [-0.1, -0.05) is 0 Å². The average Bonchev–Trinajstić information content (AvgIpc) is 3.28. The molecule has 2 aromatic carbocycles. The maximum Gasteiger partial charge on any atom is 0.586 e. The Kier molecular flexibility index (Phi) is 3.08. The largest absolute Gasteiger partial charge is 0.586 e. The van der Waals surface area contributed by atoms with E-state index in [0.717, 1.165) is 53.4 Å². The van der Waals surface area contributed by atoms with Crippen LogP contribution in [0.1, 0.15) is 24.0 Å². The molecule has 3 heterocycles. The normalized spacial score (nSPS) is 17.2. The molecule has 0 spiro atoms. The molecule has 0 fully saturated rings. The number of ether oxygens (including phenoxy) is 2. The molecule has 2 aromatic heterocycles. The summed E-state index contributed by atoms with van der Waals surface area (Å²) < 4.78 is 36.0. The van der Waals surface area contributed by atoms with Crippen molar-refractivity contribution in [2.24, 2.45) is 0 Å². The average molecular weight is 378 g/mol.